The molecule has 0 bridgehead atoms. The summed E-state index contributed by atoms with van der Waals surface area (Å²) in [5.74, 6) is 1.81. The molecule has 0 amide bonds. The zero-order valence-corrected chi connectivity index (χ0v) is 18.3. The molecule has 1 aliphatic heterocycles. The third kappa shape index (κ3) is 3.11. The molecule has 1 aromatic carbocycles. The highest BCUT2D eigenvalue weighted by molar-refractivity contribution is 7.26. The summed E-state index contributed by atoms with van der Waals surface area (Å²) in [6, 6.07) is 6.38. The normalized spacial score (nSPS) is 14.9. The molecule has 0 atom stereocenters. The Kier molecular flexibility index (Phi) is 4.19. The fourth-order valence-corrected chi connectivity index (χ4v) is 5.32. The van der Waals surface area contributed by atoms with E-state index in [4.69, 9.17) is 16.3 Å². The zero-order chi connectivity index (χ0) is 20.3. The number of pyridine rings is 1. The molecule has 148 valence electrons. The van der Waals surface area contributed by atoms with Gasteiger partial charge in [0.25, 0.3) is 0 Å². The first-order valence-electron chi connectivity index (χ1n) is 9.57. The van der Waals surface area contributed by atoms with Gasteiger partial charge < -0.3 is 10.1 Å². The monoisotopic (exact) mass is 424 g/mol. The van der Waals surface area contributed by atoms with E-state index in [-0.39, 0.29) is 5.60 Å². The van der Waals surface area contributed by atoms with Crippen LogP contribution in [0.2, 0.25) is 5.02 Å². The number of benzene rings is 1. The van der Waals surface area contributed by atoms with Gasteiger partial charge in [-0.15, -0.1) is 11.3 Å². The van der Waals surface area contributed by atoms with Crippen LogP contribution in [-0.4, -0.2) is 20.6 Å². The molecule has 0 spiro atoms. The molecule has 4 aromatic rings. The summed E-state index contributed by atoms with van der Waals surface area (Å²) in [5, 5.41) is 5.20. The van der Waals surface area contributed by atoms with Crippen LogP contribution in [0.25, 0.3) is 20.4 Å². The third-order valence-electron chi connectivity index (χ3n) is 5.33. The molecule has 0 saturated heterocycles. The molecule has 5 rings (SSSR count). The van der Waals surface area contributed by atoms with Crippen LogP contribution in [0.1, 0.15) is 36.2 Å². The standard InChI is InChI=1S/C22H21ClN4OS/c1-11-16-18-19(29-21(16)27-12(2)17(11)23)20(26-10-25-18)24-9-13-5-6-15-14(7-13)8-22(3,4)28-15/h5-7,10H,8-9H2,1-4H3,(H,24,25,26). The SMILES string of the molecule is Cc1nc2sc3c(NCc4ccc5c(c4)CC(C)(C)O5)ncnc3c2c(C)c1Cl. The van der Waals surface area contributed by atoms with Gasteiger partial charge in [-0.25, -0.2) is 15.0 Å². The second-order valence-corrected chi connectivity index (χ2v) is 9.53. The average Bonchev–Trinajstić information content (AvgIpc) is 3.19. The Morgan fingerprint density at radius 3 is 2.90 bits per heavy atom. The number of hydrogen-bond acceptors (Lipinski definition) is 6. The highest BCUT2D eigenvalue weighted by Crippen LogP contribution is 2.39. The second kappa shape index (κ2) is 6.54. The van der Waals surface area contributed by atoms with Gasteiger partial charge in [0.2, 0.25) is 0 Å². The van der Waals surface area contributed by atoms with Crippen LogP contribution in [0, 0.1) is 13.8 Å². The molecule has 1 aliphatic rings. The maximum atomic E-state index is 6.43. The number of hydrogen-bond donors (Lipinski definition) is 1. The quantitative estimate of drug-likeness (QED) is 0.448. The van der Waals surface area contributed by atoms with Crippen LogP contribution < -0.4 is 10.1 Å². The van der Waals surface area contributed by atoms with Gasteiger partial charge in [0.1, 0.15) is 28.3 Å². The van der Waals surface area contributed by atoms with E-state index < -0.39 is 0 Å². The zero-order valence-electron chi connectivity index (χ0n) is 16.8. The van der Waals surface area contributed by atoms with Gasteiger partial charge in [-0.05, 0) is 50.5 Å². The van der Waals surface area contributed by atoms with E-state index in [2.05, 4.69) is 52.3 Å². The van der Waals surface area contributed by atoms with Crippen molar-refractivity contribution in [3.8, 4) is 5.75 Å². The molecule has 3 aromatic heterocycles. The second-order valence-electron chi connectivity index (χ2n) is 8.15. The first-order valence-corrected chi connectivity index (χ1v) is 10.8. The number of nitrogens with one attached hydrogen (secondary N) is 1. The molecule has 5 nitrogen and oxygen atoms in total. The van der Waals surface area contributed by atoms with Gasteiger partial charge in [-0.3, -0.25) is 0 Å². The molecule has 0 fully saturated rings. The number of halogens is 1. The third-order valence-corrected chi connectivity index (χ3v) is 6.97. The van der Waals surface area contributed by atoms with Crippen molar-refractivity contribution in [3.63, 3.8) is 0 Å². The van der Waals surface area contributed by atoms with Crippen molar-refractivity contribution in [1.29, 1.82) is 0 Å². The van der Waals surface area contributed by atoms with E-state index in [0.717, 1.165) is 49.7 Å². The molecule has 0 radical (unpaired) electrons. The van der Waals surface area contributed by atoms with Crippen LogP contribution in [0.5, 0.6) is 5.75 Å². The van der Waals surface area contributed by atoms with Gasteiger partial charge in [0.15, 0.2) is 0 Å². The van der Waals surface area contributed by atoms with E-state index in [9.17, 15) is 0 Å². The van der Waals surface area contributed by atoms with Crippen molar-refractivity contribution in [2.45, 2.75) is 46.3 Å². The molecular weight excluding hydrogens is 404 g/mol. The van der Waals surface area contributed by atoms with Gasteiger partial charge >= 0.3 is 0 Å². The minimum atomic E-state index is -0.130. The number of ether oxygens (including phenoxy) is 1. The predicted molar refractivity (Wildman–Crippen MR) is 119 cm³/mol. The summed E-state index contributed by atoms with van der Waals surface area (Å²) in [6.45, 7) is 8.87. The minimum absolute atomic E-state index is 0.130. The molecule has 0 saturated carbocycles. The Morgan fingerprint density at radius 2 is 2.07 bits per heavy atom. The molecule has 29 heavy (non-hydrogen) atoms. The molecule has 1 N–H and O–H groups in total. The summed E-state index contributed by atoms with van der Waals surface area (Å²) in [4.78, 5) is 14.6. The maximum absolute atomic E-state index is 6.43. The largest absolute Gasteiger partial charge is 0.487 e. The fourth-order valence-electron chi connectivity index (χ4n) is 3.98. The first kappa shape index (κ1) is 18.6. The molecule has 0 unspecified atom stereocenters. The molecule has 4 heterocycles. The topological polar surface area (TPSA) is 59.9 Å². The van der Waals surface area contributed by atoms with Crippen molar-refractivity contribution in [2.75, 3.05) is 5.32 Å². The number of aromatic nitrogens is 3. The number of rotatable bonds is 3. The van der Waals surface area contributed by atoms with Crippen LogP contribution >= 0.6 is 22.9 Å². The summed E-state index contributed by atoms with van der Waals surface area (Å²) in [6.07, 6.45) is 2.53. The van der Waals surface area contributed by atoms with Gasteiger partial charge in [-0.1, -0.05) is 23.7 Å². The smallest absolute Gasteiger partial charge is 0.147 e. The van der Waals surface area contributed by atoms with Gasteiger partial charge in [0.05, 0.1) is 20.9 Å². The van der Waals surface area contributed by atoms with E-state index in [1.54, 1.807) is 17.7 Å². The van der Waals surface area contributed by atoms with Gasteiger partial charge in [0, 0.05) is 18.4 Å². The Morgan fingerprint density at radius 1 is 1.24 bits per heavy atom. The summed E-state index contributed by atoms with van der Waals surface area (Å²) in [7, 11) is 0. The lowest BCUT2D eigenvalue weighted by molar-refractivity contribution is 0.138. The highest BCUT2D eigenvalue weighted by atomic mass is 35.5. The van der Waals surface area contributed by atoms with Gasteiger partial charge in [-0.2, -0.15) is 0 Å². The van der Waals surface area contributed by atoms with Crippen molar-refractivity contribution in [3.05, 3.63) is 51.9 Å². The van der Waals surface area contributed by atoms with Crippen molar-refractivity contribution in [1.82, 2.24) is 15.0 Å². The molecular formula is C22H21ClN4OS. The first-order chi connectivity index (χ1) is 13.8. The summed E-state index contributed by atoms with van der Waals surface area (Å²) < 4.78 is 6.98. The number of fused-ring (bicyclic) bond motifs is 4. The van der Waals surface area contributed by atoms with E-state index in [0.29, 0.717) is 11.6 Å². The lowest BCUT2D eigenvalue weighted by Crippen LogP contribution is -2.24. The van der Waals surface area contributed by atoms with Crippen LogP contribution in [0.4, 0.5) is 5.82 Å². The van der Waals surface area contributed by atoms with E-state index in [1.165, 1.54) is 11.1 Å². The number of thiophene rings is 1. The summed E-state index contributed by atoms with van der Waals surface area (Å²) in [5.41, 5.74) is 5.09. The number of nitrogens with zero attached hydrogens (tertiary/aromatic N) is 3. The maximum Gasteiger partial charge on any atom is 0.147 e. The van der Waals surface area contributed by atoms with E-state index in [1.807, 2.05) is 13.8 Å². The van der Waals surface area contributed by atoms with Crippen molar-refractivity contribution >= 4 is 49.2 Å². The number of anilines is 1. The average molecular weight is 425 g/mol. The summed E-state index contributed by atoms with van der Waals surface area (Å²) >= 11 is 8.04. The van der Waals surface area contributed by atoms with Crippen LogP contribution in [0.3, 0.4) is 0 Å². The highest BCUT2D eigenvalue weighted by Gasteiger charge is 2.29. The fraction of sp³-hybridized carbons (Fsp3) is 0.318. The lowest BCUT2D eigenvalue weighted by Gasteiger charge is -2.16. The Hall–Kier alpha value is -2.44. The Balaban J connectivity index is 1.49. The Bertz CT molecular complexity index is 1280. The van der Waals surface area contributed by atoms with E-state index >= 15 is 0 Å². The van der Waals surface area contributed by atoms with Crippen molar-refractivity contribution in [2.24, 2.45) is 0 Å². The molecule has 7 heteroatoms. The van der Waals surface area contributed by atoms with Crippen molar-refractivity contribution < 1.29 is 4.74 Å². The number of aryl methyl sites for hydroxylation is 2. The molecule has 0 aliphatic carbocycles. The minimum Gasteiger partial charge on any atom is -0.487 e. The Labute approximate surface area is 178 Å². The predicted octanol–water partition coefficient (Wildman–Crippen LogP) is 5.84. The van der Waals surface area contributed by atoms with Crippen LogP contribution in [0.15, 0.2) is 24.5 Å². The lowest BCUT2D eigenvalue weighted by atomic mass is 10.0. The van der Waals surface area contributed by atoms with Crippen LogP contribution in [-0.2, 0) is 13.0 Å².